The molecular formula is C18H18N6O. The molecule has 0 aliphatic carbocycles. The summed E-state index contributed by atoms with van der Waals surface area (Å²) < 4.78 is 0. The predicted molar refractivity (Wildman–Crippen MR) is 91.6 cm³/mol. The second kappa shape index (κ2) is 6.43. The highest BCUT2D eigenvalue weighted by Gasteiger charge is 2.32. The molecule has 1 fully saturated rings. The fourth-order valence-corrected chi connectivity index (χ4v) is 3.21. The number of nitrogens with zero attached hydrogens (tertiary/aromatic N) is 5. The van der Waals surface area contributed by atoms with Crippen LogP contribution in [0.5, 0.6) is 0 Å². The number of carbonyl (C=O) groups is 1. The van der Waals surface area contributed by atoms with Crippen molar-refractivity contribution in [3.8, 4) is 11.3 Å². The zero-order valence-electron chi connectivity index (χ0n) is 13.9. The van der Waals surface area contributed by atoms with Crippen molar-refractivity contribution < 1.29 is 4.79 Å². The van der Waals surface area contributed by atoms with Crippen LogP contribution >= 0.6 is 0 Å². The molecule has 1 aliphatic rings. The van der Waals surface area contributed by atoms with Gasteiger partial charge in [-0.05, 0) is 38.0 Å². The maximum atomic E-state index is 13.0. The Morgan fingerprint density at radius 2 is 2.20 bits per heavy atom. The van der Waals surface area contributed by atoms with E-state index in [4.69, 9.17) is 0 Å². The van der Waals surface area contributed by atoms with Crippen molar-refractivity contribution >= 4 is 5.91 Å². The number of hydrogen-bond donors (Lipinski definition) is 1. The lowest BCUT2D eigenvalue weighted by molar-refractivity contribution is 0.0726. The van der Waals surface area contributed by atoms with Crippen LogP contribution in [0.3, 0.4) is 0 Å². The molecule has 25 heavy (non-hydrogen) atoms. The lowest BCUT2D eigenvalue weighted by Crippen LogP contribution is -2.31. The molecule has 1 aliphatic heterocycles. The van der Waals surface area contributed by atoms with Crippen LogP contribution in [-0.4, -0.2) is 42.5 Å². The fourth-order valence-electron chi connectivity index (χ4n) is 3.21. The van der Waals surface area contributed by atoms with Crippen LogP contribution in [0.4, 0.5) is 0 Å². The van der Waals surface area contributed by atoms with Crippen molar-refractivity contribution in [2.75, 3.05) is 6.54 Å². The van der Waals surface area contributed by atoms with Crippen molar-refractivity contribution in [1.29, 1.82) is 0 Å². The Hall–Kier alpha value is -3.09. The maximum absolute atomic E-state index is 13.0. The Morgan fingerprint density at radius 3 is 3.00 bits per heavy atom. The number of amides is 1. The van der Waals surface area contributed by atoms with Crippen molar-refractivity contribution in [3.63, 3.8) is 0 Å². The van der Waals surface area contributed by atoms with Gasteiger partial charge in [0.05, 0.1) is 29.3 Å². The van der Waals surface area contributed by atoms with E-state index < -0.39 is 0 Å². The molecule has 0 spiro atoms. The Balaban J connectivity index is 1.59. The topological polar surface area (TPSA) is 87.7 Å². The monoisotopic (exact) mass is 334 g/mol. The number of carbonyl (C=O) groups excluding carboxylic acids is 1. The van der Waals surface area contributed by atoms with Gasteiger partial charge < -0.3 is 4.90 Å². The second-order valence-corrected chi connectivity index (χ2v) is 6.15. The number of rotatable bonds is 3. The molecule has 7 nitrogen and oxygen atoms in total. The molecular weight excluding hydrogens is 316 g/mol. The molecule has 1 saturated heterocycles. The lowest BCUT2D eigenvalue weighted by Gasteiger charge is -2.23. The number of H-pyrrole nitrogens is 1. The van der Waals surface area contributed by atoms with Crippen LogP contribution in [0.1, 0.15) is 40.8 Å². The average Bonchev–Trinajstić information content (AvgIpc) is 3.32. The smallest absolute Gasteiger partial charge is 0.272 e. The average molecular weight is 334 g/mol. The minimum atomic E-state index is -0.0616. The Morgan fingerprint density at radius 1 is 1.28 bits per heavy atom. The van der Waals surface area contributed by atoms with Gasteiger partial charge in [0.1, 0.15) is 5.69 Å². The number of likely N-dealkylation sites (tertiary alicyclic amines) is 1. The third kappa shape index (κ3) is 3.00. The fraction of sp³-hybridized carbons (Fsp3) is 0.278. The van der Waals surface area contributed by atoms with Crippen LogP contribution in [0, 0.1) is 6.92 Å². The first-order chi connectivity index (χ1) is 12.2. The SMILES string of the molecule is Cc1cncc([C@H]2CCCN2C(=O)c2cc(-c3cccnc3)n[nH]2)n1. The normalized spacial score (nSPS) is 17.0. The summed E-state index contributed by atoms with van der Waals surface area (Å²) in [5, 5.41) is 7.11. The first-order valence-corrected chi connectivity index (χ1v) is 8.28. The zero-order chi connectivity index (χ0) is 17.2. The van der Waals surface area contributed by atoms with E-state index in [-0.39, 0.29) is 11.9 Å². The molecule has 1 amide bonds. The molecule has 1 atom stereocenters. The van der Waals surface area contributed by atoms with Crippen LogP contribution in [-0.2, 0) is 0 Å². The Labute approximate surface area is 145 Å². The molecule has 126 valence electrons. The summed E-state index contributed by atoms with van der Waals surface area (Å²) in [4.78, 5) is 27.6. The van der Waals surface area contributed by atoms with Crippen LogP contribution < -0.4 is 0 Å². The minimum Gasteiger partial charge on any atom is -0.329 e. The molecule has 0 bridgehead atoms. The van der Waals surface area contributed by atoms with Crippen molar-refractivity contribution in [3.05, 3.63) is 60.1 Å². The van der Waals surface area contributed by atoms with E-state index in [2.05, 4.69) is 25.1 Å². The number of pyridine rings is 1. The first-order valence-electron chi connectivity index (χ1n) is 8.28. The highest BCUT2D eigenvalue weighted by Crippen LogP contribution is 2.32. The maximum Gasteiger partial charge on any atom is 0.272 e. The van der Waals surface area contributed by atoms with Gasteiger partial charge in [-0.15, -0.1) is 0 Å². The molecule has 7 heteroatoms. The molecule has 4 heterocycles. The summed E-state index contributed by atoms with van der Waals surface area (Å²) in [6, 6.07) is 5.50. The lowest BCUT2D eigenvalue weighted by atomic mass is 10.1. The molecule has 4 rings (SSSR count). The largest absolute Gasteiger partial charge is 0.329 e. The highest BCUT2D eigenvalue weighted by atomic mass is 16.2. The van der Waals surface area contributed by atoms with Gasteiger partial charge in [-0.1, -0.05) is 0 Å². The summed E-state index contributed by atoms with van der Waals surface area (Å²) >= 11 is 0. The Kier molecular flexibility index (Phi) is 3.97. The van der Waals surface area contributed by atoms with Crippen molar-refractivity contribution in [2.24, 2.45) is 0 Å². The summed E-state index contributed by atoms with van der Waals surface area (Å²) in [6.07, 6.45) is 8.76. The second-order valence-electron chi connectivity index (χ2n) is 6.15. The van der Waals surface area contributed by atoms with Gasteiger partial charge in [-0.3, -0.25) is 24.8 Å². The van der Waals surface area contributed by atoms with Crippen LogP contribution in [0.25, 0.3) is 11.3 Å². The van der Waals surface area contributed by atoms with E-state index in [0.717, 1.165) is 29.8 Å². The third-order valence-corrected chi connectivity index (χ3v) is 4.39. The van der Waals surface area contributed by atoms with Gasteiger partial charge in [0.2, 0.25) is 0 Å². The van der Waals surface area contributed by atoms with E-state index in [9.17, 15) is 4.79 Å². The van der Waals surface area contributed by atoms with E-state index in [1.807, 2.05) is 24.0 Å². The van der Waals surface area contributed by atoms with Gasteiger partial charge in [-0.2, -0.15) is 5.10 Å². The molecule has 0 unspecified atom stereocenters. The third-order valence-electron chi connectivity index (χ3n) is 4.39. The summed E-state index contributed by atoms with van der Waals surface area (Å²) in [5.74, 6) is -0.0616. The standard InChI is InChI=1S/C18H18N6O/c1-12-9-20-11-16(21-12)17-5-3-7-24(17)18(25)15-8-14(22-23-15)13-4-2-6-19-10-13/h2,4,6,8-11,17H,3,5,7H2,1H3,(H,22,23)/t17-/m1/s1. The Bertz CT molecular complexity index is 891. The van der Waals surface area contributed by atoms with Gasteiger partial charge in [0, 0.05) is 30.7 Å². The van der Waals surface area contributed by atoms with Crippen molar-refractivity contribution in [1.82, 2.24) is 30.0 Å². The van der Waals surface area contributed by atoms with E-state index >= 15 is 0 Å². The first kappa shape index (κ1) is 15.4. The number of aromatic amines is 1. The van der Waals surface area contributed by atoms with Gasteiger partial charge in [-0.25, -0.2) is 0 Å². The van der Waals surface area contributed by atoms with Crippen LogP contribution in [0.2, 0.25) is 0 Å². The predicted octanol–water partition coefficient (Wildman–Crippen LogP) is 2.55. The molecule has 0 saturated carbocycles. The molecule has 3 aromatic rings. The molecule has 1 N–H and O–H groups in total. The summed E-state index contributed by atoms with van der Waals surface area (Å²) in [7, 11) is 0. The van der Waals surface area contributed by atoms with Gasteiger partial charge in [0.15, 0.2) is 0 Å². The molecule has 0 radical (unpaired) electrons. The van der Waals surface area contributed by atoms with Gasteiger partial charge in [0.25, 0.3) is 5.91 Å². The van der Waals surface area contributed by atoms with E-state index in [1.165, 1.54) is 0 Å². The minimum absolute atomic E-state index is 0.0370. The quantitative estimate of drug-likeness (QED) is 0.795. The van der Waals surface area contributed by atoms with Crippen LogP contribution in [0.15, 0.2) is 43.0 Å². The number of nitrogens with one attached hydrogen (secondary N) is 1. The molecule has 0 aromatic carbocycles. The van der Waals surface area contributed by atoms with E-state index in [0.29, 0.717) is 17.9 Å². The summed E-state index contributed by atoms with van der Waals surface area (Å²) in [5.41, 5.74) is 3.77. The number of hydrogen-bond acceptors (Lipinski definition) is 5. The number of aromatic nitrogens is 5. The zero-order valence-corrected chi connectivity index (χ0v) is 13.9. The summed E-state index contributed by atoms with van der Waals surface area (Å²) in [6.45, 7) is 2.62. The molecule has 3 aromatic heterocycles. The number of aryl methyl sites for hydroxylation is 1. The van der Waals surface area contributed by atoms with Gasteiger partial charge >= 0.3 is 0 Å². The van der Waals surface area contributed by atoms with Crippen molar-refractivity contribution in [2.45, 2.75) is 25.8 Å². The highest BCUT2D eigenvalue weighted by molar-refractivity contribution is 5.93. The van der Waals surface area contributed by atoms with E-state index in [1.54, 1.807) is 30.9 Å².